The minimum Gasteiger partial charge on any atom is -0.352 e. The Hall–Kier alpha value is -2.70. The molecule has 3 heterocycles. The predicted octanol–water partition coefficient (Wildman–Crippen LogP) is 4.02. The van der Waals surface area contributed by atoms with Crippen molar-refractivity contribution in [2.45, 2.75) is 25.9 Å². The summed E-state index contributed by atoms with van der Waals surface area (Å²) in [5.74, 6) is 0. The lowest BCUT2D eigenvalue weighted by molar-refractivity contribution is 0.272. The summed E-state index contributed by atoms with van der Waals surface area (Å²) in [5, 5.41) is 4.33. The summed E-state index contributed by atoms with van der Waals surface area (Å²) in [5.41, 5.74) is 5.97. The highest BCUT2D eigenvalue weighted by Crippen LogP contribution is 2.39. The second-order valence-corrected chi connectivity index (χ2v) is 8.58. The number of likely N-dealkylation sites (N-methyl/N-ethyl adjacent to an activating group) is 1. The first-order valence-electron chi connectivity index (χ1n) is 10.3. The first-order valence-corrected chi connectivity index (χ1v) is 10.7. The molecule has 156 valence electrons. The molecule has 1 fully saturated rings. The highest BCUT2D eigenvalue weighted by Gasteiger charge is 2.41. The minimum atomic E-state index is 0.000979. The third-order valence-corrected chi connectivity index (χ3v) is 6.19. The van der Waals surface area contributed by atoms with Crippen LogP contribution < -0.4 is 5.32 Å². The van der Waals surface area contributed by atoms with E-state index in [-0.39, 0.29) is 12.1 Å². The van der Waals surface area contributed by atoms with E-state index < -0.39 is 0 Å². The molecule has 1 saturated heterocycles. The number of thiocarbonyl (C=S) groups is 1. The molecule has 0 saturated carbocycles. The number of aromatic nitrogens is 2. The van der Waals surface area contributed by atoms with Gasteiger partial charge in [-0.15, -0.1) is 0 Å². The van der Waals surface area contributed by atoms with Crippen molar-refractivity contribution >= 4 is 17.3 Å². The van der Waals surface area contributed by atoms with Crippen LogP contribution in [0.5, 0.6) is 0 Å². The van der Waals surface area contributed by atoms with Crippen molar-refractivity contribution in [3.63, 3.8) is 0 Å². The average Bonchev–Trinajstić information content (AvgIpc) is 3.33. The van der Waals surface area contributed by atoms with Gasteiger partial charge in [0.25, 0.3) is 0 Å². The van der Waals surface area contributed by atoms with Gasteiger partial charge in [-0.05, 0) is 87.7 Å². The molecule has 1 aliphatic rings. The normalized spacial score (nSPS) is 18.8. The van der Waals surface area contributed by atoms with Crippen LogP contribution in [-0.2, 0) is 0 Å². The average molecular weight is 420 g/mol. The van der Waals surface area contributed by atoms with Crippen molar-refractivity contribution in [1.82, 2.24) is 24.7 Å². The van der Waals surface area contributed by atoms with E-state index in [4.69, 9.17) is 12.2 Å². The van der Waals surface area contributed by atoms with E-state index in [1.165, 1.54) is 22.5 Å². The summed E-state index contributed by atoms with van der Waals surface area (Å²) in [6.45, 7) is 6.09. The zero-order valence-corrected chi connectivity index (χ0v) is 18.9. The van der Waals surface area contributed by atoms with Crippen LogP contribution >= 0.6 is 12.2 Å². The molecule has 2 atom stereocenters. The van der Waals surface area contributed by atoms with Crippen LogP contribution in [0.25, 0.3) is 5.69 Å². The Labute approximate surface area is 184 Å². The molecule has 0 unspecified atom stereocenters. The molecular weight excluding hydrogens is 390 g/mol. The number of nitrogens with zero attached hydrogens (tertiary/aromatic N) is 4. The van der Waals surface area contributed by atoms with Gasteiger partial charge >= 0.3 is 0 Å². The Morgan fingerprint density at radius 2 is 1.90 bits per heavy atom. The topological polar surface area (TPSA) is 36.3 Å². The van der Waals surface area contributed by atoms with Crippen molar-refractivity contribution in [1.29, 1.82) is 0 Å². The number of hydrogen-bond acceptors (Lipinski definition) is 3. The first-order chi connectivity index (χ1) is 14.5. The fourth-order valence-electron chi connectivity index (χ4n) is 4.02. The standard InChI is InChI=1S/C24H29N5S/c1-17-10-11-19(16-18(17)2)28-13-7-9-21(28)23-22(20-8-5-6-12-25-20)26-24(30)29(23)15-14-27(3)4/h5-13,16,22-23H,14-15H2,1-4H3,(H,26,30)/t22-,23+/m1/s1. The van der Waals surface area contributed by atoms with Gasteiger partial charge in [0.15, 0.2) is 5.11 Å². The third-order valence-electron chi connectivity index (χ3n) is 5.84. The number of hydrogen-bond donors (Lipinski definition) is 1. The lowest BCUT2D eigenvalue weighted by Crippen LogP contribution is -2.36. The fourth-order valence-corrected chi connectivity index (χ4v) is 4.35. The first kappa shape index (κ1) is 20.6. The summed E-state index contributed by atoms with van der Waals surface area (Å²) in [6.07, 6.45) is 3.99. The molecule has 1 aromatic carbocycles. The van der Waals surface area contributed by atoms with Gasteiger partial charge in [-0.1, -0.05) is 12.1 Å². The van der Waals surface area contributed by atoms with E-state index in [0.717, 1.165) is 23.9 Å². The van der Waals surface area contributed by atoms with E-state index in [1.54, 1.807) is 0 Å². The molecule has 0 bridgehead atoms. The Bertz CT molecular complexity index is 1030. The molecular formula is C24H29N5S. The monoisotopic (exact) mass is 419 g/mol. The van der Waals surface area contributed by atoms with Crippen LogP contribution in [0.2, 0.25) is 0 Å². The number of rotatable bonds is 6. The predicted molar refractivity (Wildman–Crippen MR) is 126 cm³/mol. The van der Waals surface area contributed by atoms with Crippen LogP contribution in [0.4, 0.5) is 0 Å². The zero-order valence-electron chi connectivity index (χ0n) is 18.0. The van der Waals surface area contributed by atoms with Crippen LogP contribution in [0.1, 0.15) is 34.6 Å². The van der Waals surface area contributed by atoms with Crippen LogP contribution in [0.15, 0.2) is 60.9 Å². The van der Waals surface area contributed by atoms with Gasteiger partial charge in [0.05, 0.1) is 17.8 Å². The van der Waals surface area contributed by atoms with Crippen LogP contribution in [0, 0.1) is 13.8 Å². The summed E-state index contributed by atoms with van der Waals surface area (Å²) in [4.78, 5) is 9.14. The maximum absolute atomic E-state index is 5.78. The van der Waals surface area contributed by atoms with Gasteiger partial charge in [0.1, 0.15) is 0 Å². The molecule has 1 N–H and O–H groups in total. The van der Waals surface area contributed by atoms with Gasteiger partial charge in [-0.3, -0.25) is 4.98 Å². The molecule has 0 spiro atoms. The molecule has 0 aliphatic carbocycles. The lowest BCUT2D eigenvalue weighted by atomic mass is 10.0. The number of pyridine rings is 1. The Morgan fingerprint density at radius 3 is 2.60 bits per heavy atom. The highest BCUT2D eigenvalue weighted by molar-refractivity contribution is 7.80. The fraction of sp³-hybridized carbons (Fsp3) is 0.333. The van der Waals surface area contributed by atoms with Gasteiger partial charge in [0, 0.05) is 36.9 Å². The Morgan fingerprint density at radius 1 is 1.07 bits per heavy atom. The van der Waals surface area contributed by atoms with E-state index in [0.29, 0.717) is 0 Å². The molecule has 0 radical (unpaired) electrons. The van der Waals surface area contributed by atoms with Gasteiger partial charge in [-0.2, -0.15) is 0 Å². The number of benzene rings is 1. The Balaban J connectivity index is 1.78. The van der Waals surface area contributed by atoms with E-state index in [2.05, 4.69) is 95.2 Å². The van der Waals surface area contributed by atoms with Gasteiger partial charge in [0.2, 0.25) is 0 Å². The highest BCUT2D eigenvalue weighted by atomic mass is 32.1. The molecule has 30 heavy (non-hydrogen) atoms. The minimum absolute atomic E-state index is 0.000979. The SMILES string of the molecule is Cc1ccc(-n2cccc2[C@H]2[C@@H](c3ccccn3)NC(=S)N2CCN(C)C)cc1C. The molecule has 2 aromatic heterocycles. The summed E-state index contributed by atoms with van der Waals surface area (Å²) < 4.78 is 2.28. The van der Waals surface area contributed by atoms with Crippen molar-refractivity contribution < 1.29 is 0 Å². The van der Waals surface area contributed by atoms with E-state index >= 15 is 0 Å². The molecule has 4 rings (SSSR count). The summed E-state index contributed by atoms with van der Waals surface area (Å²) >= 11 is 5.78. The number of nitrogens with one attached hydrogen (secondary N) is 1. The molecule has 3 aromatic rings. The van der Waals surface area contributed by atoms with Gasteiger partial charge < -0.3 is 19.7 Å². The second-order valence-electron chi connectivity index (χ2n) is 8.19. The van der Waals surface area contributed by atoms with Crippen molar-refractivity contribution in [3.8, 4) is 5.69 Å². The van der Waals surface area contributed by atoms with E-state index in [1.807, 2.05) is 18.3 Å². The lowest BCUT2D eigenvalue weighted by Gasteiger charge is -2.30. The van der Waals surface area contributed by atoms with E-state index in [9.17, 15) is 0 Å². The summed E-state index contributed by atoms with van der Waals surface area (Å²) in [7, 11) is 4.19. The Kier molecular flexibility index (Phi) is 5.88. The number of aryl methyl sites for hydroxylation is 2. The van der Waals surface area contributed by atoms with Crippen molar-refractivity contribution in [3.05, 3.63) is 83.4 Å². The molecule has 6 heteroatoms. The summed E-state index contributed by atoms with van der Waals surface area (Å²) in [6, 6.07) is 17.1. The third kappa shape index (κ3) is 3.98. The smallest absolute Gasteiger partial charge is 0.170 e. The molecule has 5 nitrogen and oxygen atoms in total. The largest absolute Gasteiger partial charge is 0.352 e. The zero-order chi connectivity index (χ0) is 21.3. The maximum Gasteiger partial charge on any atom is 0.170 e. The van der Waals surface area contributed by atoms with Crippen molar-refractivity contribution in [2.24, 2.45) is 0 Å². The second kappa shape index (κ2) is 8.58. The quantitative estimate of drug-likeness (QED) is 0.611. The molecule has 0 amide bonds. The van der Waals surface area contributed by atoms with Crippen LogP contribution in [-0.4, -0.2) is 51.6 Å². The van der Waals surface area contributed by atoms with Crippen LogP contribution in [0.3, 0.4) is 0 Å². The van der Waals surface area contributed by atoms with Crippen molar-refractivity contribution in [2.75, 3.05) is 27.2 Å². The maximum atomic E-state index is 5.78. The van der Waals surface area contributed by atoms with Gasteiger partial charge in [-0.25, -0.2) is 0 Å². The molecule has 1 aliphatic heterocycles.